The smallest absolute Gasteiger partial charge is 0.303 e. The van der Waals surface area contributed by atoms with Crippen LogP contribution in [0.25, 0.3) is 0 Å². The van der Waals surface area contributed by atoms with E-state index in [-0.39, 0.29) is 17.1 Å². The van der Waals surface area contributed by atoms with Gasteiger partial charge in [-0.1, -0.05) is 50.7 Å². The Bertz CT molecular complexity index is 760. The molecule has 1 aliphatic heterocycles. The summed E-state index contributed by atoms with van der Waals surface area (Å²) in [5.41, 5.74) is 0.696. The van der Waals surface area contributed by atoms with Crippen LogP contribution in [0.5, 0.6) is 0 Å². The number of esters is 1. The summed E-state index contributed by atoms with van der Waals surface area (Å²) in [5, 5.41) is 0.123. The Morgan fingerprint density at radius 3 is 2.33 bits per heavy atom. The zero-order valence-corrected chi connectivity index (χ0v) is 23.4. The molecule has 0 unspecified atom stereocenters. The molecular formula is C27H46O5Si. The first-order chi connectivity index (χ1) is 15.2. The molecule has 0 aromatic rings. The molecule has 1 heterocycles. The Morgan fingerprint density at radius 1 is 1.15 bits per heavy atom. The number of carbonyl (C=O) groups is 1. The minimum absolute atomic E-state index is 0.0754. The van der Waals surface area contributed by atoms with Gasteiger partial charge in [0.2, 0.25) is 0 Å². The Labute approximate surface area is 203 Å². The fraction of sp³-hybridized carbons (Fsp3) is 0.815. The molecule has 33 heavy (non-hydrogen) atoms. The highest BCUT2D eigenvalue weighted by Gasteiger charge is 2.49. The summed E-state index contributed by atoms with van der Waals surface area (Å²) in [6.07, 6.45) is 7.96. The summed E-state index contributed by atoms with van der Waals surface area (Å²) in [5.74, 6) is 5.67. The van der Waals surface area contributed by atoms with Crippen molar-refractivity contribution in [3.05, 3.63) is 11.6 Å². The fourth-order valence-electron chi connectivity index (χ4n) is 4.28. The minimum atomic E-state index is -1.94. The maximum Gasteiger partial charge on any atom is 0.303 e. The van der Waals surface area contributed by atoms with Crippen LogP contribution >= 0.6 is 0 Å². The molecule has 2 rings (SSSR count). The van der Waals surface area contributed by atoms with Crippen molar-refractivity contribution in [1.82, 2.24) is 0 Å². The third-order valence-electron chi connectivity index (χ3n) is 6.95. The monoisotopic (exact) mass is 478 g/mol. The van der Waals surface area contributed by atoms with Crippen molar-refractivity contribution in [3.63, 3.8) is 0 Å². The minimum Gasteiger partial charge on any atom is -0.449 e. The molecule has 1 saturated carbocycles. The lowest BCUT2D eigenvalue weighted by Gasteiger charge is -2.38. The van der Waals surface area contributed by atoms with E-state index >= 15 is 0 Å². The van der Waals surface area contributed by atoms with Crippen LogP contribution in [-0.2, 0) is 23.4 Å². The first kappa shape index (κ1) is 28.1. The first-order valence-corrected chi connectivity index (χ1v) is 15.4. The van der Waals surface area contributed by atoms with Crippen molar-refractivity contribution in [1.29, 1.82) is 0 Å². The normalized spacial score (nSPS) is 24.5. The fourth-order valence-corrected chi connectivity index (χ4v) is 5.54. The molecule has 0 amide bonds. The van der Waals surface area contributed by atoms with Crippen molar-refractivity contribution in [3.8, 4) is 11.8 Å². The van der Waals surface area contributed by atoms with Crippen molar-refractivity contribution in [2.75, 3.05) is 6.61 Å². The zero-order valence-electron chi connectivity index (χ0n) is 22.4. The van der Waals surface area contributed by atoms with Crippen molar-refractivity contribution < 1.29 is 23.4 Å². The van der Waals surface area contributed by atoms with Crippen molar-refractivity contribution in [2.45, 2.75) is 135 Å². The Hall–Kier alpha value is -1.13. The van der Waals surface area contributed by atoms with E-state index in [1.807, 2.05) is 6.92 Å². The number of hydrogen-bond donors (Lipinski definition) is 0. The zero-order chi connectivity index (χ0) is 24.9. The largest absolute Gasteiger partial charge is 0.449 e. The van der Waals surface area contributed by atoms with Crippen LogP contribution in [-0.4, -0.2) is 44.5 Å². The summed E-state index contributed by atoms with van der Waals surface area (Å²) in [4.78, 5) is 11.8. The van der Waals surface area contributed by atoms with E-state index in [1.54, 1.807) is 0 Å². The van der Waals surface area contributed by atoms with E-state index < -0.39 is 25.8 Å². The van der Waals surface area contributed by atoms with Crippen molar-refractivity contribution >= 4 is 14.3 Å². The van der Waals surface area contributed by atoms with Gasteiger partial charge >= 0.3 is 5.97 Å². The lowest BCUT2D eigenvalue weighted by Crippen LogP contribution is -2.43. The van der Waals surface area contributed by atoms with Gasteiger partial charge in [0, 0.05) is 32.6 Å². The predicted octanol–water partition coefficient (Wildman–Crippen LogP) is 6.52. The predicted molar refractivity (Wildman–Crippen MR) is 135 cm³/mol. The molecule has 0 N–H and O–H groups in total. The Kier molecular flexibility index (Phi) is 9.43. The summed E-state index contributed by atoms with van der Waals surface area (Å²) < 4.78 is 24.8. The highest BCUT2D eigenvalue weighted by molar-refractivity contribution is 6.74. The van der Waals surface area contributed by atoms with Crippen LogP contribution in [0.3, 0.4) is 0 Å². The number of hydrogen-bond acceptors (Lipinski definition) is 5. The molecule has 6 heteroatoms. The third-order valence-corrected chi connectivity index (χ3v) is 11.5. The highest BCUT2D eigenvalue weighted by atomic mass is 28.4. The number of rotatable bonds is 7. The van der Waals surface area contributed by atoms with Gasteiger partial charge < -0.3 is 18.6 Å². The van der Waals surface area contributed by atoms with Gasteiger partial charge in [0.15, 0.2) is 20.2 Å². The second-order valence-corrected chi connectivity index (χ2v) is 16.6. The van der Waals surface area contributed by atoms with Gasteiger partial charge in [-0.3, -0.25) is 4.79 Å². The summed E-state index contributed by atoms with van der Waals surface area (Å²) in [6.45, 7) is 19.4. The van der Waals surface area contributed by atoms with E-state index in [2.05, 4.69) is 65.6 Å². The molecule has 3 atom stereocenters. The summed E-state index contributed by atoms with van der Waals surface area (Å²) in [7, 11) is -1.94. The van der Waals surface area contributed by atoms with E-state index in [1.165, 1.54) is 18.9 Å². The van der Waals surface area contributed by atoms with Gasteiger partial charge in [-0.2, -0.15) is 0 Å². The van der Waals surface area contributed by atoms with Crippen LogP contribution in [0.2, 0.25) is 18.1 Å². The summed E-state index contributed by atoms with van der Waals surface area (Å²) >= 11 is 0. The molecule has 0 aromatic heterocycles. The second-order valence-electron chi connectivity index (χ2n) is 11.8. The Balaban J connectivity index is 2.10. The molecule has 1 aliphatic carbocycles. The quantitative estimate of drug-likeness (QED) is 0.180. The van der Waals surface area contributed by atoms with Crippen LogP contribution in [0.1, 0.15) is 93.4 Å². The SMILES string of the molecule is CC(=O)O[C@@H](C#CC[C@H](C=C(C)C)O[Si](C)(C)C(C)(C)C)C[C@]1(C)COC2(CCCCC2)O1. The molecule has 5 nitrogen and oxygen atoms in total. The lowest BCUT2D eigenvalue weighted by atomic mass is 9.93. The molecule has 2 fully saturated rings. The molecule has 0 aromatic carbocycles. The van der Waals surface area contributed by atoms with Crippen LogP contribution in [0, 0.1) is 11.8 Å². The number of allylic oxidation sites excluding steroid dienone is 1. The van der Waals surface area contributed by atoms with Crippen molar-refractivity contribution in [2.24, 2.45) is 0 Å². The van der Waals surface area contributed by atoms with Crippen LogP contribution < -0.4 is 0 Å². The van der Waals surface area contributed by atoms with E-state index in [0.29, 0.717) is 19.4 Å². The number of carbonyl (C=O) groups excluding carboxylic acids is 1. The van der Waals surface area contributed by atoms with Crippen LogP contribution in [0.15, 0.2) is 11.6 Å². The Morgan fingerprint density at radius 2 is 1.79 bits per heavy atom. The third kappa shape index (κ3) is 8.54. The van der Waals surface area contributed by atoms with Gasteiger partial charge in [0.05, 0.1) is 18.3 Å². The lowest BCUT2D eigenvalue weighted by molar-refractivity contribution is -0.205. The maximum atomic E-state index is 11.8. The molecular weight excluding hydrogens is 432 g/mol. The van der Waals surface area contributed by atoms with Gasteiger partial charge in [-0.05, 0) is 51.7 Å². The summed E-state index contributed by atoms with van der Waals surface area (Å²) in [6, 6.07) is 0. The molecule has 0 radical (unpaired) electrons. The molecule has 1 spiro atoms. The standard InChI is InChI=1S/C27H46O5Si/c1-21(2)18-23(31-33(8,9)25(4,5)6)14-13-15-24(30-22(3)28)19-26(7)20-29-27(32-26)16-11-10-12-17-27/h18,23-24H,10-12,14,16-17,19-20H2,1-9H3/t23-,24+,26-/m1/s1. The maximum absolute atomic E-state index is 11.8. The average Bonchev–Trinajstić information content (AvgIpc) is 2.95. The molecule has 1 saturated heterocycles. The van der Waals surface area contributed by atoms with E-state index in [9.17, 15) is 4.79 Å². The van der Waals surface area contributed by atoms with Gasteiger partial charge in [-0.15, -0.1) is 0 Å². The average molecular weight is 479 g/mol. The molecule has 2 aliphatic rings. The van der Waals surface area contributed by atoms with Gasteiger partial charge in [0.1, 0.15) is 0 Å². The second kappa shape index (κ2) is 11.1. The highest BCUT2D eigenvalue weighted by Crippen LogP contribution is 2.43. The molecule has 188 valence electrons. The number of ether oxygens (including phenoxy) is 3. The van der Waals surface area contributed by atoms with Crippen LogP contribution in [0.4, 0.5) is 0 Å². The van der Waals surface area contributed by atoms with Gasteiger partial charge in [-0.25, -0.2) is 0 Å². The first-order valence-electron chi connectivity index (χ1n) is 12.5. The molecule has 0 bridgehead atoms. The van der Waals surface area contributed by atoms with E-state index in [0.717, 1.165) is 25.7 Å². The van der Waals surface area contributed by atoms with Gasteiger partial charge in [0.25, 0.3) is 0 Å². The van der Waals surface area contributed by atoms with E-state index in [4.69, 9.17) is 18.6 Å². The topological polar surface area (TPSA) is 54.0 Å².